The largest absolute Gasteiger partial charge is 0.490 e. The van der Waals surface area contributed by atoms with Gasteiger partial charge in [0.2, 0.25) is 5.91 Å². The minimum absolute atomic E-state index is 0.00168. The molecule has 1 aliphatic carbocycles. The molecule has 1 aliphatic heterocycles. The number of hydrogen-bond acceptors (Lipinski definition) is 5. The van der Waals surface area contributed by atoms with Crippen molar-refractivity contribution in [3.05, 3.63) is 29.6 Å². The molecule has 150 valence electrons. The highest BCUT2D eigenvalue weighted by Gasteiger charge is 2.42. The van der Waals surface area contributed by atoms with Crippen LogP contribution in [0, 0.1) is 40.8 Å². The highest BCUT2D eigenvalue weighted by molar-refractivity contribution is 5.80. The summed E-state index contributed by atoms with van der Waals surface area (Å²) in [5, 5.41) is 21.4. The van der Waals surface area contributed by atoms with E-state index in [9.17, 15) is 14.4 Å². The number of halogens is 1. The van der Waals surface area contributed by atoms with E-state index in [0.717, 1.165) is 32.1 Å². The second-order valence-electron chi connectivity index (χ2n) is 7.49. The highest BCUT2D eigenvalue weighted by atomic mass is 19.1. The minimum atomic E-state index is -1.11. The third-order valence-corrected chi connectivity index (χ3v) is 5.69. The number of likely N-dealkylation sites (tertiary alicyclic amines) is 1. The number of ether oxygens (including phenoxy) is 1. The van der Waals surface area contributed by atoms with Gasteiger partial charge in [-0.2, -0.15) is 10.5 Å². The fourth-order valence-electron chi connectivity index (χ4n) is 4.02. The number of carbonyl (C=O) groups is 1. The summed E-state index contributed by atoms with van der Waals surface area (Å²) in [7, 11) is 0. The zero-order valence-corrected chi connectivity index (χ0v) is 16.2. The van der Waals surface area contributed by atoms with Gasteiger partial charge in [0.15, 0.2) is 5.54 Å². The van der Waals surface area contributed by atoms with Crippen LogP contribution in [0.2, 0.25) is 0 Å². The van der Waals surface area contributed by atoms with Gasteiger partial charge in [-0.25, -0.2) is 4.39 Å². The summed E-state index contributed by atoms with van der Waals surface area (Å²) in [4.78, 5) is 14.1. The summed E-state index contributed by atoms with van der Waals surface area (Å²) >= 11 is 0. The Balaban J connectivity index is 1.45. The van der Waals surface area contributed by atoms with Gasteiger partial charge in [-0.1, -0.05) is 5.92 Å². The van der Waals surface area contributed by atoms with E-state index in [2.05, 4.69) is 17.3 Å². The average Bonchev–Trinajstić information content (AvgIpc) is 3.18. The minimum Gasteiger partial charge on any atom is -0.490 e. The number of nitrogens with zero attached hydrogens (tertiary/aromatic N) is 3. The molecule has 0 bridgehead atoms. The number of amides is 1. The van der Waals surface area contributed by atoms with E-state index < -0.39 is 11.4 Å². The zero-order valence-electron chi connectivity index (χ0n) is 16.2. The maximum absolute atomic E-state index is 13.7. The van der Waals surface area contributed by atoms with Crippen LogP contribution >= 0.6 is 0 Å². The molecule has 0 unspecified atom stereocenters. The molecule has 3 rings (SSSR count). The molecule has 0 spiro atoms. The van der Waals surface area contributed by atoms with Crippen molar-refractivity contribution in [1.29, 1.82) is 10.5 Å². The number of nitrogens with one attached hydrogen (secondary N) is 1. The van der Waals surface area contributed by atoms with Crippen LogP contribution in [0.5, 0.6) is 5.75 Å². The Morgan fingerprint density at radius 3 is 2.72 bits per heavy atom. The monoisotopic (exact) mass is 394 g/mol. The summed E-state index contributed by atoms with van der Waals surface area (Å²) < 4.78 is 19.5. The van der Waals surface area contributed by atoms with Gasteiger partial charge >= 0.3 is 0 Å². The van der Waals surface area contributed by atoms with E-state index in [1.165, 1.54) is 17.0 Å². The van der Waals surface area contributed by atoms with Crippen LogP contribution in [-0.2, 0) is 4.79 Å². The summed E-state index contributed by atoms with van der Waals surface area (Å²) in [5.41, 5.74) is -1.11. The summed E-state index contributed by atoms with van der Waals surface area (Å²) in [6.07, 6.45) is 9.96. The first kappa shape index (κ1) is 20.6. The molecule has 29 heavy (non-hydrogen) atoms. The van der Waals surface area contributed by atoms with Gasteiger partial charge in [0.05, 0.1) is 18.2 Å². The quantitative estimate of drug-likeness (QED) is 0.775. The van der Waals surface area contributed by atoms with Crippen molar-refractivity contribution in [3.63, 3.8) is 0 Å². The Bertz CT molecular complexity index is 874. The molecule has 2 aliphatic rings. The predicted octanol–water partition coefficient (Wildman–Crippen LogP) is 2.49. The maximum Gasteiger partial charge on any atom is 0.238 e. The second-order valence-corrected chi connectivity index (χ2v) is 7.49. The predicted molar refractivity (Wildman–Crippen MR) is 104 cm³/mol. The van der Waals surface area contributed by atoms with Crippen molar-refractivity contribution in [1.82, 2.24) is 10.2 Å². The Kier molecular flexibility index (Phi) is 6.37. The lowest BCUT2D eigenvalue weighted by atomic mass is 9.93. The molecular weight excluding hydrogens is 371 g/mol. The highest BCUT2D eigenvalue weighted by Crippen LogP contribution is 2.28. The summed E-state index contributed by atoms with van der Waals surface area (Å²) in [6, 6.07) is 8.35. The lowest BCUT2D eigenvalue weighted by Gasteiger charge is -2.31. The average molecular weight is 394 g/mol. The molecule has 1 saturated carbocycles. The molecule has 1 heterocycles. The number of carbonyl (C=O) groups excluding carboxylic acids is 1. The Morgan fingerprint density at radius 2 is 2.10 bits per heavy atom. The van der Waals surface area contributed by atoms with Gasteiger partial charge in [-0.15, -0.1) is 6.42 Å². The third-order valence-electron chi connectivity index (χ3n) is 5.69. The fraction of sp³-hybridized carbons (Fsp3) is 0.500. The van der Waals surface area contributed by atoms with Gasteiger partial charge in [0.25, 0.3) is 0 Å². The van der Waals surface area contributed by atoms with Crippen molar-refractivity contribution in [3.8, 4) is 30.2 Å². The van der Waals surface area contributed by atoms with Gasteiger partial charge in [-0.3, -0.25) is 4.79 Å². The van der Waals surface area contributed by atoms with Crippen molar-refractivity contribution in [2.75, 3.05) is 13.1 Å². The van der Waals surface area contributed by atoms with E-state index in [4.69, 9.17) is 16.4 Å². The maximum atomic E-state index is 13.7. The molecule has 0 aromatic heterocycles. The molecule has 2 fully saturated rings. The molecule has 7 heteroatoms. The van der Waals surface area contributed by atoms with Crippen LogP contribution in [0.1, 0.15) is 44.1 Å². The molecule has 0 radical (unpaired) electrons. The van der Waals surface area contributed by atoms with Crippen LogP contribution in [-0.4, -0.2) is 41.6 Å². The molecule has 1 aromatic carbocycles. The standard InChI is InChI=1S/C22H23FN4O2/c1-2-22(15-25)10-3-11-27(22)21(28)14-26-17-5-8-18(9-6-17)29-19-7-4-16(13-24)20(23)12-19/h1,4,7,12,17-18,26H,3,5-6,8-11,14H2/t17?,18?,22-/m1/s1. The van der Waals surface area contributed by atoms with Crippen molar-refractivity contribution in [2.45, 2.75) is 56.2 Å². The molecule has 1 saturated heterocycles. The Morgan fingerprint density at radius 1 is 1.34 bits per heavy atom. The smallest absolute Gasteiger partial charge is 0.238 e. The first-order valence-electron chi connectivity index (χ1n) is 9.80. The van der Waals surface area contributed by atoms with Crippen LogP contribution < -0.4 is 10.1 Å². The second kappa shape index (κ2) is 8.95. The van der Waals surface area contributed by atoms with Crippen LogP contribution in [0.15, 0.2) is 18.2 Å². The topological polar surface area (TPSA) is 89.2 Å². The van der Waals surface area contributed by atoms with E-state index in [0.29, 0.717) is 18.7 Å². The van der Waals surface area contributed by atoms with Gasteiger partial charge < -0.3 is 15.0 Å². The van der Waals surface area contributed by atoms with Gasteiger partial charge in [0, 0.05) is 18.7 Å². The SMILES string of the molecule is C#C[C@]1(C#N)CCCN1C(=O)CNC1CCC(Oc2ccc(C#N)c(F)c2)CC1. The van der Waals surface area contributed by atoms with Gasteiger partial charge in [-0.05, 0) is 50.7 Å². The zero-order chi connectivity index (χ0) is 20.9. The molecular formula is C22H23FN4O2. The fourth-order valence-corrected chi connectivity index (χ4v) is 4.02. The number of benzene rings is 1. The summed E-state index contributed by atoms with van der Waals surface area (Å²) in [6.45, 7) is 0.669. The van der Waals surface area contributed by atoms with E-state index in [1.807, 2.05) is 0 Å². The summed E-state index contributed by atoms with van der Waals surface area (Å²) in [5.74, 6) is 2.18. The van der Waals surface area contributed by atoms with Crippen molar-refractivity contribution < 1.29 is 13.9 Å². The van der Waals surface area contributed by atoms with Gasteiger partial charge in [0.1, 0.15) is 23.7 Å². The number of nitriles is 2. The first-order chi connectivity index (χ1) is 14.0. The number of terminal acetylenes is 1. The number of rotatable bonds is 5. The molecule has 1 aromatic rings. The first-order valence-corrected chi connectivity index (χ1v) is 9.80. The lowest BCUT2D eigenvalue weighted by molar-refractivity contribution is -0.131. The Labute approximate surface area is 170 Å². The van der Waals surface area contributed by atoms with Crippen molar-refractivity contribution >= 4 is 5.91 Å². The third kappa shape index (κ3) is 4.50. The van der Waals surface area contributed by atoms with Crippen LogP contribution in [0.25, 0.3) is 0 Å². The van der Waals surface area contributed by atoms with Crippen molar-refractivity contribution in [2.24, 2.45) is 0 Å². The molecule has 1 amide bonds. The molecule has 1 atom stereocenters. The van der Waals surface area contributed by atoms with E-state index in [-0.39, 0.29) is 30.2 Å². The lowest BCUT2D eigenvalue weighted by Crippen LogP contribution is -2.50. The molecule has 6 nitrogen and oxygen atoms in total. The van der Waals surface area contributed by atoms with E-state index >= 15 is 0 Å². The molecule has 1 N–H and O–H groups in total. The Hall–Kier alpha value is -3.08. The normalized spacial score (nSPS) is 26.2. The van der Waals surface area contributed by atoms with Crippen LogP contribution in [0.3, 0.4) is 0 Å². The number of hydrogen-bond donors (Lipinski definition) is 1. The van der Waals surface area contributed by atoms with Crippen LogP contribution in [0.4, 0.5) is 4.39 Å². The van der Waals surface area contributed by atoms with E-state index in [1.54, 1.807) is 12.1 Å².